The number of esters is 1. The van der Waals surface area contributed by atoms with Crippen LogP contribution in [0.15, 0.2) is 0 Å². The molecule has 3 heteroatoms. The number of hydrogen-bond acceptors (Lipinski definition) is 3. The standard InChI is InChI=1S/C5H6O2.C4H9N/c1-3-4-5(6)7-2;1-2-4-5-3-1/h1-2H3;5H,1-4H2. The minimum absolute atomic E-state index is 0.484. The quantitative estimate of drug-likeness (QED) is 0.327. The Morgan fingerprint density at radius 3 is 2.17 bits per heavy atom. The zero-order chi connectivity index (χ0) is 9.23. The van der Waals surface area contributed by atoms with Crippen molar-refractivity contribution in [2.24, 2.45) is 0 Å². The van der Waals surface area contributed by atoms with Crippen LogP contribution in [0.3, 0.4) is 0 Å². The van der Waals surface area contributed by atoms with Crippen molar-refractivity contribution < 1.29 is 9.53 Å². The largest absolute Gasteiger partial charge is 0.459 e. The van der Waals surface area contributed by atoms with Gasteiger partial charge in [0.05, 0.1) is 7.11 Å². The first kappa shape index (κ1) is 11.0. The Hall–Kier alpha value is -1.01. The molecule has 12 heavy (non-hydrogen) atoms. The molecule has 1 rings (SSSR count). The van der Waals surface area contributed by atoms with Gasteiger partial charge in [-0.15, -0.1) is 0 Å². The fourth-order valence-corrected chi connectivity index (χ4v) is 0.778. The molecule has 0 bridgehead atoms. The molecule has 1 aliphatic heterocycles. The molecular weight excluding hydrogens is 154 g/mol. The first-order valence-electron chi connectivity index (χ1n) is 4.02. The summed E-state index contributed by atoms with van der Waals surface area (Å²) in [6.45, 7) is 4.08. The molecule has 0 aliphatic carbocycles. The Morgan fingerprint density at radius 1 is 1.42 bits per heavy atom. The molecule has 0 radical (unpaired) electrons. The molecule has 1 saturated heterocycles. The lowest BCUT2D eigenvalue weighted by molar-refractivity contribution is -0.133. The van der Waals surface area contributed by atoms with Gasteiger partial charge in [-0.1, -0.05) is 5.92 Å². The second-order valence-electron chi connectivity index (χ2n) is 2.32. The summed E-state index contributed by atoms with van der Waals surface area (Å²) < 4.78 is 4.18. The number of ether oxygens (including phenoxy) is 1. The Labute approximate surface area is 73.5 Å². The van der Waals surface area contributed by atoms with Gasteiger partial charge in [0.25, 0.3) is 0 Å². The number of carbonyl (C=O) groups is 1. The number of methoxy groups -OCH3 is 1. The Bertz CT molecular complexity index is 167. The van der Waals surface area contributed by atoms with Gasteiger partial charge in [-0.3, -0.25) is 0 Å². The predicted octanol–water partition coefficient (Wildman–Crippen LogP) is 0.552. The van der Waals surface area contributed by atoms with Crippen LogP contribution in [0.25, 0.3) is 0 Å². The summed E-state index contributed by atoms with van der Waals surface area (Å²) in [5.41, 5.74) is 0. The van der Waals surface area contributed by atoms with Gasteiger partial charge in [0.15, 0.2) is 0 Å². The minimum Gasteiger partial charge on any atom is -0.459 e. The third-order valence-electron chi connectivity index (χ3n) is 1.37. The van der Waals surface area contributed by atoms with Crippen molar-refractivity contribution in [1.29, 1.82) is 0 Å². The molecule has 0 saturated carbocycles. The van der Waals surface area contributed by atoms with Crippen LogP contribution >= 0.6 is 0 Å². The van der Waals surface area contributed by atoms with Crippen LogP contribution in [0.1, 0.15) is 19.8 Å². The topological polar surface area (TPSA) is 38.3 Å². The van der Waals surface area contributed by atoms with Gasteiger partial charge in [-0.2, -0.15) is 0 Å². The van der Waals surface area contributed by atoms with Gasteiger partial charge in [-0.25, -0.2) is 4.79 Å². The van der Waals surface area contributed by atoms with Crippen molar-refractivity contribution in [2.45, 2.75) is 19.8 Å². The number of rotatable bonds is 0. The maximum Gasteiger partial charge on any atom is 0.384 e. The highest BCUT2D eigenvalue weighted by molar-refractivity contribution is 5.88. The van der Waals surface area contributed by atoms with Crippen LogP contribution in [-0.4, -0.2) is 26.2 Å². The van der Waals surface area contributed by atoms with E-state index < -0.39 is 5.97 Å². The smallest absolute Gasteiger partial charge is 0.384 e. The molecule has 0 amide bonds. The highest BCUT2D eigenvalue weighted by Crippen LogP contribution is 1.90. The summed E-state index contributed by atoms with van der Waals surface area (Å²) >= 11 is 0. The summed E-state index contributed by atoms with van der Waals surface area (Å²) in [4.78, 5) is 10.0. The van der Waals surface area contributed by atoms with Gasteiger partial charge in [0.2, 0.25) is 0 Å². The van der Waals surface area contributed by atoms with Gasteiger partial charge < -0.3 is 10.1 Å². The summed E-state index contributed by atoms with van der Waals surface area (Å²) in [6.07, 6.45) is 2.78. The molecule has 0 atom stereocenters. The molecule has 1 N–H and O–H groups in total. The van der Waals surface area contributed by atoms with E-state index in [4.69, 9.17) is 0 Å². The van der Waals surface area contributed by atoms with Crippen LogP contribution < -0.4 is 5.32 Å². The van der Waals surface area contributed by atoms with E-state index in [1.807, 2.05) is 0 Å². The maximum atomic E-state index is 10.0. The van der Waals surface area contributed by atoms with Gasteiger partial charge in [-0.05, 0) is 32.9 Å². The van der Waals surface area contributed by atoms with Crippen LogP contribution in [0, 0.1) is 11.8 Å². The Morgan fingerprint density at radius 2 is 2.00 bits per heavy atom. The van der Waals surface area contributed by atoms with Crippen molar-refractivity contribution >= 4 is 5.97 Å². The Kier molecular flexibility index (Phi) is 7.41. The van der Waals surface area contributed by atoms with E-state index in [1.165, 1.54) is 33.0 Å². The lowest BCUT2D eigenvalue weighted by Crippen LogP contribution is -2.03. The van der Waals surface area contributed by atoms with Crippen molar-refractivity contribution in [3.8, 4) is 11.8 Å². The van der Waals surface area contributed by atoms with Crippen molar-refractivity contribution in [3.05, 3.63) is 0 Å². The summed E-state index contributed by atoms with van der Waals surface area (Å²) in [6, 6.07) is 0. The average Bonchev–Trinajstić information content (AvgIpc) is 2.62. The molecule has 0 aromatic rings. The van der Waals surface area contributed by atoms with E-state index in [0.29, 0.717) is 0 Å². The van der Waals surface area contributed by atoms with E-state index in [1.54, 1.807) is 6.92 Å². The van der Waals surface area contributed by atoms with Crippen LogP contribution in [0.2, 0.25) is 0 Å². The van der Waals surface area contributed by atoms with Gasteiger partial charge in [0, 0.05) is 5.92 Å². The van der Waals surface area contributed by atoms with Gasteiger partial charge in [0.1, 0.15) is 0 Å². The number of nitrogens with one attached hydrogen (secondary N) is 1. The average molecular weight is 169 g/mol. The lowest BCUT2D eigenvalue weighted by atomic mass is 10.4. The monoisotopic (exact) mass is 169 g/mol. The fourth-order valence-electron chi connectivity index (χ4n) is 0.778. The van der Waals surface area contributed by atoms with Crippen LogP contribution in [0.4, 0.5) is 0 Å². The predicted molar refractivity (Wildman–Crippen MR) is 47.6 cm³/mol. The normalized spacial score (nSPS) is 13.5. The molecule has 0 aromatic carbocycles. The molecule has 0 unspecified atom stereocenters. The summed E-state index contributed by atoms with van der Waals surface area (Å²) in [5.74, 6) is 4.09. The third-order valence-corrected chi connectivity index (χ3v) is 1.37. The molecule has 68 valence electrons. The summed E-state index contributed by atoms with van der Waals surface area (Å²) in [5, 5.41) is 3.22. The van der Waals surface area contributed by atoms with Crippen molar-refractivity contribution in [1.82, 2.24) is 5.32 Å². The first-order chi connectivity index (χ1) is 5.81. The van der Waals surface area contributed by atoms with Crippen LogP contribution in [0.5, 0.6) is 0 Å². The molecule has 3 nitrogen and oxygen atoms in total. The van der Waals surface area contributed by atoms with Crippen molar-refractivity contribution in [3.63, 3.8) is 0 Å². The highest BCUT2D eigenvalue weighted by atomic mass is 16.5. The second-order valence-corrected chi connectivity index (χ2v) is 2.32. The van der Waals surface area contributed by atoms with E-state index in [2.05, 4.69) is 21.9 Å². The molecule has 0 spiro atoms. The van der Waals surface area contributed by atoms with E-state index in [-0.39, 0.29) is 0 Å². The fraction of sp³-hybridized carbons (Fsp3) is 0.667. The molecule has 1 fully saturated rings. The zero-order valence-corrected chi connectivity index (χ0v) is 7.64. The van der Waals surface area contributed by atoms with Crippen molar-refractivity contribution in [2.75, 3.05) is 20.2 Å². The second kappa shape index (κ2) is 8.09. The lowest BCUT2D eigenvalue weighted by Gasteiger charge is -1.81. The van der Waals surface area contributed by atoms with E-state index in [0.717, 1.165) is 0 Å². The summed E-state index contributed by atoms with van der Waals surface area (Å²) in [7, 11) is 1.30. The van der Waals surface area contributed by atoms with Gasteiger partial charge >= 0.3 is 5.97 Å². The van der Waals surface area contributed by atoms with E-state index in [9.17, 15) is 4.79 Å². The van der Waals surface area contributed by atoms with E-state index >= 15 is 0 Å². The SMILES string of the molecule is C1CCNC1.CC#CC(=O)OC. The Balaban J connectivity index is 0.000000211. The number of carbonyl (C=O) groups excluding carboxylic acids is 1. The first-order valence-corrected chi connectivity index (χ1v) is 4.02. The zero-order valence-electron chi connectivity index (χ0n) is 7.64. The minimum atomic E-state index is -0.484. The molecule has 1 heterocycles. The number of hydrogen-bond donors (Lipinski definition) is 1. The van der Waals surface area contributed by atoms with Crippen LogP contribution in [-0.2, 0) is 9.53 Å². The maximum absolute atomic E-state index is 10.0. The third kappa shape index (κ3) is 7.10. The molecular formula is C9H15NO2. The molecule has 0 aromatic heterocycles. The highest BCUT2D eigenvalue weighted by Gasteiger charge is 1.93. The molecule has 1 aliphatic rings.